The fourth-order valence-electron chi connectivity index (χ4n) is 1.13. The molecule has 0 fully saturated rings. The number of benzene rings is 1. The molecule has 4 nitrogen and oxygen atoms in total. The first kappa shape index (κ1) is 14.2. The fourth-order valence-corrected chi connectivity index (χ4v) is 1.13. The summed E-state index contributed by atoms with van der Waals surface area (Å²) in [5.74, 6) is -0.812. The summed E-state index contributed by atoms with van der Waals surface area (Å²) >= 11 is 0. The molecule has 0 aliphatic carbocycles. The lowest BCUT2D eigenvalue weighted by atomic mass is 10.1. The molecule has 0 aromatic heterocycles. The van der Waals surface area contributed by atoms with Gasteiger partial charge in [-0.2, -0.15) is 0 Å². The highest BCUT2D eigenvalue weighted by molar-refractivity contribution is 5.81. The van der Waals surface area contributed by atoms with Crippen molar-refractivity contribution in [3.05, 3.63) is 29.3 Å². The molecule has 0 amide bonds. The Morgan fingerprint density at radius 3 is 2.56 bits per heavy atom. The van der Waals surface area contributed by atoms with Crippen LogP contribution in [0.25, 0.3) is 0 Å². The van der Waals surface area contributed by atoms with Gasteiger partial charge in [0.05, 0.1) is 0 Å². The summed E-state index contributed by atoms with van der Waals surface area (Å²) in [5.41, 5.74) is 1.22. The van der Waals surface area contributed by atoms with Gasteiger partial charge in [-0.05, 0) is 24.1 Å². The van der Waals surface area contributed by atoms with Crippen molar-refractivity contribution >= 4 is 12.2 Å². The van der Waals surface area contributed by atoms with E-state index in [2.05, 4.69) is 0 Å². The van der Waals surface area contributed by atoms with Crippen molar-refractivity contribution in [3.8, 4) is 5.75 Å². The van der Waals surface area contributed by atoms with Gasteiger partial charge in [0.25, 0.3) is 0 Å². The van der Waals surface area contributed by atoms with Crippen LogP contribution in [0.15, 0.2) is 18.2 Å². The van der Waals surface area contributed by atoms with Crippen molar-refractivity contribution in [3.63, 3.8) is 0 Å². The van der Waals surface area contributed by atoms with Gasteiger partial charge in [-0.15, -0.1) is 0 Å². The van der Waals surface area contributed by atoms with Crippen LogP contribution in [0.5, 0.6) is 5.75 Å². The van der Waals surface area contributed by atoms with E-state index in [0.29, 0.717) is 12.0 Å². The lowest BCUT2D eigenvalue weighted by Crippen LogP contribution is -1.97. The van der Waals surface area contributed by atoms with Gasteiger partial charge < -0.3 is 15.6 Å². The van der Waals surface area contributed by atoms with Crippen LogP contribution in [0, 0.1) is 5.41 Å². The first-order valence-electron chi connectivity index (χ1n) is 5.17. The molecule has 0 saturated heterocycles. The van der Waals surface area contributed by atoms with E-state index in [1.807, 2.05) is 13.8 Å². The van der Waals surface area contributed by atoms with Crippen LogP contribution in [-0.2, 0) is 11.2 Å². The summed E-state index contributed by atoms with van der Waals surface area (Å²) in [6, 6.07) is 4.74. The van der Waals surface area contributed by atoms with E-state index in [1.165, 1.54) is 6.07 Å². The van der Waals surface area contributed by atoms with Crippen LogP contribution < -0.4 is 0 Å². The Morgan fingerprint density at radius 2 is 2.06 bits per heavy atom. The number of nitrogens with one attached hydrogen (secondary N) is 1. The average molecular weight is 223 g/mol. The summed E-state index contributed by atoms with van der Waals surface area (Å²) in [5, 5.41) is 24.7. The second kappa shape index (κ2) is 7.45. The van der Waals surface area contributed by atoms with Gasteiger partial charge in [-0.3, -0.25) is 4.79 Å². The quantitative estimate of drug-likeness (QED) is 0.686. The molecule has 0 spiro atoms. The number of rotatable bonds is 4. The first-order chi connectivity index (χ1) is 7.63. The predicted octanol–water partition coefficient (Wildman–Crippen LogP) is 2.43. The number of hydrogen-bond donors (Lipinski definition) is 3. The highest BCUT2D eigenvalue weighted by Crippen LogP contribution is 2.17. The summed E-state index contributed by atoms with van der Waals surface area (Å²) in [4.78, 5) is 10.3. The fraction of sp³-hybridized carbons (Fsp3) is 0.333. The molecule has 88 valence electrons. The van der Waals surface area contributed by atoms with E-state index < -0.39 is 5.97 Å². The van der Waals surface area contributed by atoms with E-state index in [0.717, 1.165) is 11.8 Å². The third-order valence-electron chi connectivity index (χ3n) is 1.87. The summed E-state index contributed by atoms with van der Waals surface area (Å²) in [7, 11) is 0. The Labute approximate surface area is 95.1 Å². The lowest BCUT2D eigenvalue weighted by molar-refractivity contribution is -0.136. The van der Waals surface area contributed by atoms with Crippen LogP contribution >= 0.6 is 0 Å². The molecule has 1 aromatic rings. The van der Waals surface area contributed by atoms with Crippen LogP contribution in [-0.4, -0.2) is 22.4 Å². The number of carboxylic acid groups (broad SMARTS) is 1. The zero-order valence-corrected chi connectivity index (χ0v) is 9.53. The third-order valence-corrected chi connectivity index (χ3v) is 1.87. The first-order valence-corrected chi connectivity index (χ1v) is 5.17. The molecular weight excluding hydrogens is 206 g/mol. The van der Waals surface area contributed by atoms with Crippen molar-refractivity contribution < 1.29 is 15.0 Å². The predicted molar refractivity (Wildman–Crippen MR) is 63.3 cm³/mol. The summed E-state index contributed by atoms with van der Waals surface area (Å²) in [6.07, 6.45) is 1.51. The molecular formula is C12H17NO3. The Kier molecular flexibility index (Phi) is 6.59. The van der Waals surface area contributed by atoms with Gasteiger partial charge in [-0.25, -0.2) is 0 Å². The molecule has 0 radical (unpaired) electrons. The van der Waals surface area contributed by atoms with Gasteiger partial charge in [-0.1, -0.05) is 19.9 Å². The maximum atomic E-state index is 10.3. The van der Waals surface area contributed by atoms with Crippen LogP contribution in [0.3, 0.4) is 0 Å². The number of phenolic OH excluding ortho intramolecular Hbond substituents is 1. The Hall–Kier alpha value is -1.84. The molecule has 0 bridgehead atoms. The van der Waals surface area contributed by atoms with E-state index in [9.17, 15) is 9.90 Å². The zero-order chi connectivity index (χ0) is 12.6. The molecule has 1 aromatic carbocycles. The lowest BCUT2D eigenvalue weighted by Gasteiger charge is -2.02. The van der Waals surface area contributed by atoms with E-state index in [-0.39, 0.29) is 12.2 Å². The minimum Gasteiger partial charge on any atom is -0.507 e. The van der Waals surface area contributed by atoms with Crippen molar-refractivity contribution in [2.24, 2.45) is 0 Å². The molecule has 1 rings (SSSR count). The number of phenols is 1. The molecule has 0 aliphatic rings. The standard InChI is InChI=1S/C10H11NO3.C2H6/c11-6-8-5-7(1-3-9(8)12)2-4-10(13)14;1-2/h1,3,5-6,11-12H,2,4H2,(H,13,14);1-2H3. The summed E-state index contributed by atoms with van der Waals surface area (Å²) in [6.45, 7) is 4.00. The maximum absolute atomic E-state index is 10.3. The molecule has 0 atom stereocenters. The smallest absolute Gasteiger partial charge is 0.303 e. The summed E-state index contributed by atoms with van der Waals surface area (Å²) < 4.78 is 0. The van der Waals surface area contributed by atoms with Gasteiger partial charge in [0.15, 0.2) is 0 Å². The average Bonchev–Trinajstić information content (AvgIpc) is 2.30. The minimum atomic E-state index is -0.852. The Bertz CT molecular complexity index is 361. The monoisotopic (exact) mass is 223 g/mol. The normalized spacial score (nSPS) is 8.88. The maximum Gasteiger partial charge on any atom is 0.303 e. The molecule has 3 N–H and O–H groups in total. The number of hydrogen-bond acceptors (Lipinski definition) is 3. The number of aryl methyl sites for hydroxylation is 1. The molecule has 0 heterocycles. The van der Waals surface area contributed by atoms with E-state index in [4.69, 9.17) is 10.5 Å². The van der Waals surface area contributed by atoms with Crippen molar-refractivity contribution in [2.75, 3.05) is 0 Å². The zero-order valence-electron chi connectivity index (χ0n) is 9.53. The van der Waals surface area contributed by atoms with Crippen molar-refractivity contribution in [2.45, 2.75) is 26.7 Å². The second-order valence-electron chi connectivity index (χ2n) is 2.93. The third kappa shape index (κ3) is 4.59. The SMILES string of the molecule is CC.N=Cc1cc(CCC(=O)O)ccc1O. The second-order valence-corrected chi connectivity index (χ2v) is 2.93. The largest absolute Gasteiger partial charge is 0.507 e. The van der Waals surface area contributed by atoms with Gasteiger partial charge in [0.2, 0.25) is 0 Å². The van der Waals surface area contributed by atoms with Crippen LogP contribution in [0.1, 0.15) is 31.4 Å². The molecule has 16 heavy (non-hydrogen) atoms. The van der Waals surface area contributed by atoms with Gasteiger partial charge in [0.1, 0.15) is 5.75 Å². The van der Waals surface area contributed by atoms with Gasteiger partial charge in [0, 0.05) is 18.2 Å². The molecule has 0 saturated carbocycles. The van der Waals surface area contributed by atoms with Crippen molar-refractivity contribution in [1.82, 2.24) is 0 Å². The topological polar surface area (TPSA) is 81.4 Å². The number of aromatic hydroxyl groups is 1. The number of carboxylic acids is 1. The van der Waals surface area contributed by atoms with E-state index >= 15 is 0 Å². The van der Waals surface area contributed by atoms with Crippen LogP contribution in [0.4, 0.5) is 0 Å². The number of aliphatic carboxylic acids is 1. The molecule has 0 unspecified atom stereocenters. The van der Waals surface area contributed by atoms with Crippen LogP contribution in [0.2, 0.25) is 0 Å². The van der Waals surface area contributed by atoms with Gasteiger partial charge >= 0.3 is 5.97 Å². The molecule has 4 heteroatoms. The number of carbonyl (C=O) groups is 1. The molecule has 0 aliphatic heterocycles. The Balaban J connectivity index is 0.00000106. The highest BCUT2D eigenvalue weighted by atomic mass is 16.4. The van der Waals surface area contributed by atoms with Crippen molar-refractivity contribution in [1.29, 1.82) is 5.41 Å². The highest BCUT2D eigenvalue weighted by Gasteiger charge is 2.02. The Morgan fingerprint density at radius 1 is 1.44 bits per heavy atom. The van der Waals surface area contributed by atoms with E-state index in [1.54, 1.807) is 12.1 Å². The minimum absolute atomic E-state index is 0.0408.